The molecule has 0 atom stereocenters. The quantitative estimate of drug-likeness (QED) is 0.171. The minimum atomic E-state index is 0.617. The van der Waals surface area contributed by atoms with Gasteiger partial charge < -0.3 is 8.83 Å². The van der Waals surface area contributed by atoms with Gasteiger partial charge in [-0.1, -0.05) is 133 Å². The molecule has 4 heterocycles. The summed E-state index contributed by atoms with van der Waals surface area (Å²) in [5.41, 5.74) is 13.9. The minimum absolute atomic E-state index is 0.617. The third-order valence-electron chi connectivity index (χ3n) is 10.6. The Hall–Kier alpha value is -7.63. The lowest BCUT2D eigenvalue weighted by atomic mass is 9.93. The number of rotatable bonds is 6. The smallest absolute Gasteiger partial charge is 0.160 e. The summed E-state index contributed by atoms with van der Waals surface area (Å²) in [5, 5.41) is 4.32. The van der Waals surface area contributed by atoms with E-state index in [1.165, 1.54) is 0 Å². The first kappa shape index (κ1) is 31.9. The number of hydrogen-bond acceptors (Lipinski definition) is 5. The SMILES string of the molecule is c1ccc(-c2cc(-c3ccc(-c4ccccn4)cc3)nc(-c3cc(-c4cccc5c4oc4ccccc45)cc(-c4cccc5c4oc4ccccc45)c3)n2)cc1. The van der Waals surface area contributed by atoms with Gasteiger partial charge >= 0.3 is 0 Å². The Bertz CT molecular complexity index is 3110. The highest BCUT2D eigenvalue weighted by atomic mass is 16.3. The molecule has 0 amide bonds. The summed E-state index contributed by atoms with van der Waals surface area (Å²) >= 11 is 0. The Kier molecular flexibility index (Phi) is 7.42. The van der Waals surface area contributed by atoms with Crippen molar-refractivity contribution in [3.63, 3.8) is 0 Å². The second-order valence-corrected chi connectivity index (χ2v) is 14.0. The van der Waals surface area contributed by atoms with Crippen LogP contribution in [0.15, 0.2) is 197 Å². The second kappa shape index (κ2) is 13.0. The zero-order valence-electron chi connectivity index (χ0n) is 30.1. The van der Waals surface area contributed by atoms with Crippen LogP contribution >= 0.6 is 0 Å². The maximum atomic E-state index is 6.58. The molecule has 56 heavy (non-hydrogen) atoms. The van der Waals surface area contributed by atoms with E-state index < -0.39 is 0 Å². The van der Waals surface area contributed by atoms with Crippen molar-refractivity contribution in [2.75, 3.05) is 0 Å². The van der Waals surface area contributed by atoms with Crippen LogP contribution in [-0.4, -0.2) is 15.0 Å². The van der Waals surface area contributed by atoms with Crippen molar-refractivity contribution >= 4 is 43.9 Å². The van der Waals surface area contributed by atoms with E-state index in [0.29, 0.717) is 5.82 Å². The largest absolute Gasteiger partial charge is 0.455 e. The normalized spacial score (nSPS) is 11.6. The molecule has 0 radical (unpaired) electrons. The molecule has 0 bridgehead atoms. The minimum Gasteiger partial charge on any atom is -0.455 e. The van der Waals surface area contributed by atoms with Crippen LogP contribution in [0, 0.1) is 0 Å². The van der Waals surface area contributed by atoms with Crippen molar-refractivity contribution in [3.05, 3.63) is 188 Å². The number of benzene rings is 7. The molecule has 11 rings (SSSR count). The van der Waals surface area contributed by atoms with Gasteiger partial charge in [0.25, 0.3) is 0 Å². The first-order valence-corrected chi connectivity index (χ1v) is 18.7. The molecule has 262 valence electrons. The fourth-order valence-electron chi connectivity index (χ4n) is 7.84. The molecule has 5 heteroatoms. The van der Waals surface area contributed by atoms with E-state index in [2.05, 4.69) is 126 Å². The van der Waals surface area contributed by atoms with Gasteiger partial charge in [0.05, 0.1) is 17.1 Å². The Morgan fingerprint density at radius 2 is 0.804 bits per heavy atom. The number of nitrogens with zero attached hydrogens (tertiary/aromatic N) is 3. The van der Waals surface area contributed by atoms with E-state index in [-0.39, 0.29) is 0 Å². The van der Waals surface area contributed by atoms with E-state index >= 15 is 0 Å². The summed E-state index contributed by atoms with van der Waals surface area (Å²) in [4.78, 5) is 15.1. The van der Waals surface area contributed by atoms with Crippen LogP contribution in [0.2, 0.25) is 0 Å². The first-order valence-electron chi connectivity index (χ1n) is 18.7. The molecule has 0 fully saturated rings. The van der Waals surface area contributed by atoms with Gasteiger partial charge in [-0.05, 0) is 59.7 Å². The lowest BCUT2D eigenvalue weighted by Gasteiger charge is -2.13. The van der Waals surface area contributed by atoms with Crippen molar-refractivity contribution in [2.45, 2.75) is 0 Å². The fraction of sp³-hybridized carbons (Fsp3) is 0. The molecule has 0 unspecified atom stereocenters. The topological polar surface area (TPSA) is 65.0 Å². The molecule has 7 aromatic carbocycles. The molecule has 5 nitrogen and oxygen atoms in total. The molecule has 4 aromatic heterocycles. The van der Waals surface area contributed by atoms with Crippen LogP contribution in [0.1, 0.15) is 0 Å². The summed E-state index contributed by atoms with van der Waals surface area (Å²) in [6.07, 6.45) is 1.82. The maximum absolute atomic E-state index is 6.58. The highest BCUT2D eigenvalue weighted by Gasteiger charge is 2.19. The average molecular weight is 718 g/mol. The second-order valence-electron chi connectivity index (χ2n) is 14.0. The third kappa shape index (κ3) is 5.45. The Balaban J connectivity index is 1.15. The van der Waals surface area contributed by atoms with Crippen molar-refractivity contribution in [1.82, 2.24) is 15.0 Å². The van der Waals surface area contributed by atoms with Gasteiger partial charge in [-0.2, -0.15) is 0 Å². The number of fused-ring (bicyclic) bond motifs is 6. The van der Waals surface area contributed by atoms with Gasteiger partial charge in [0, 0.05) is 61.1 Å². The summed E-state index contributed by atoms with van der Waals surface area (Å²) in [6, 6.07) is 62.4. The van der Waals surface area contributed by atoms with E-state index in [0.717, 1.165) is 105 Å². The van der Waals surface area contributed by atoms with Gasteiger partial charge in [0.15, 0.2) is 5.82 Å². The van der Waals surface area contributed by atoms with Crippen molar-refractivity contribution in [1.29, 1.82) is 0 Å². The molecule has 0 spiro atoms. The standard InChI is InChI=1S/C51H31N3O2/c1-2-12-32(13-3-1)45-31-46(34-25-23-33(24-26-34)44-20-8-9-27-52-44)54-51(53-45)37-29-35(38-16-10-18-42-40-14-4-6-21-47(40)55-49(38)42)28-36(30-37)39-17-11-19-43-41-15-5-7-22-48(41)56-50(39)43/h1-31H. The van der Waals surface area contributed by atoms with Gasteiger partial charge in [-0.3, -0.25) is 4.98 Å². The van der Waals surface area contributed by atoms with Gasteiger partial charge in [0.1, 0.15) is 22.3 Å². The van der Waals surface area contributed by atoms with Gasteiger partial charge in [0.2, 0.25) is 0 Å². The Morgan fingerprint density at radius 3 is 1.38 bits per heavy atom. The maximum Gasteiger partial charge on any atom is 0.160 e. The van der Waals surface area contributed by atoms with Crippen molar-refractivity contribution < 1.29 is 8.83 Å². The van der Waals surface area contributed by atoms with Crippen molar-refractivity contribution in [3.8, 4) is 67.4 Å². The van der Waals surface area contributed by atoms with Crippen molar-refractivity contribution in [2.24, 2.45) is 0 Å². The first-order chi connectivity index (χ1) is 27.7. The molecular weight excluding hydrogens is 687 g/mol. The molecule has 0 aliphatic heterocycles. The van der Waals surface area contributed by atoms with Crippen LogP contribution in [0.25, 0.3) is 111 Å². The fourth-order valence-corrected chi connectivity index (χ4v) is 7.84. The number of aromatic nitrogens is 3. The summed E-state index contributed by atoms with van der Waals surface area (Å²) in [5.74, 6) is 0.617. The highest BCUT2D eigenvalue weighted by Crippen LogP contribution is 2.42. The molecule has 0 saturated carbocycles. The molecule has 0 saturated heterocycles. The van der Waals surface area contributed by atoms with Crippen LogP contribution in [0.5, 0.6) is 0 Å². The number of hydrogen-bond donors (Lipinski definition) is 0. The van der Waals surface area contributed by atoms with Crippen LogP contribution in [0.4, 0.5) is 0 Å². The predicted octanol–water partition coefficient (Wildman–Crippen LogP) is 13.7. The van der Waals surface area contributed by atoms with Gasteiger partial charge in [-0.25, -0.2) is 9.97 Å². The Labute approximate surface area is 322 Å². The zero-order chi connectivity index (χ0) is 37.0. The highest BCUT2D eigenvalue weighted by molar-refractivity contribution is 6.11. The third-order valence-corrected chi connectivity index (χ3v) is 10.6. The predicted molar refractivity (Wildman–Crippen MR) is 227 cm³/mol. The molecule has 0 aliphatic rings. The number of furan rings is 2. The number of para-hydroxylation sites is 4. The van der Waals surface area contributed by atoms with Crippen LogP contribution < -0.4 is 0 Å². The van der Waals surface area contributed by atoms with E-state index in [1.807, 2.05) is 66.9 Å². The van der Waals surface area contributed by atoms with Gasteiger partial charge in [-0.15, -0.1) is 0 Å². The lowest BCUT2D eigenvalue weighted by molar-refractivity contribution is 0.670. The monoisotopic (exact) mass is 717 g/mol. The summed E-state index contributed by atoms with van der Waals surface area (Å²) in [7, 11) is 0. The molecule has 11 aromatic rings. The van der Waals surface area contributed by atoms with Crippen LogP contribution in [-0.2, 0) is 0 Å². The lowest BCUT2D eigenvalue weighted by Crippen LogP contribution is -1.97. The van der Waals surface area contributed by atoms with E-state index in [1.54, 1.807) is 0 Å². The average Bonchev–Trinajstić information content (AvgIpc) is 3.86. The molecule has 0 aliphatic carbocycles. The number of pyridine rings is 1. The zero-order valence-corrected chi connectivity index (χ0v) is 30.1. The summed E-state index contributed by atoms with van der Waals surface area (Å²) < 4.78 is 13.2. The van der Waals surface area contributed by atoms with E-state index in [9.17, 15) is 0 Å². The summed E-state index contributed by atoms with van der Waals surface area (Å²) in [6.45, 7) is 0. The van der Waals surface area contributed by atoms with E-state index in [4.69, 9.17) is 18.8 Å². The molecule has 0 N–H and O–H groups in total. The Morgan fingerprint density at radius 1 is 0.321 bits per heavy atom. The van der Waals surface area contributed by atoms with Crippen LogP contribution in [0.3, 0.4) is 0 Å². The molecular formula is C51H31N3O2.